The van der Waals surface area contributed by atoms with E-state index < -0.39 is 11.8 Å². The van der Waals surface area contributed by atoms with E-state index in [0.29, 0.717) is 23.7 Å². The van der Waals surface area contributed by atoms with Crippen LogP contribution in [0.15, 0.2) is 23.3 Å². The van der Waals surface area contributed by atoms with Crippen molar-refractivity contribution in [2.24, 2.45) is 5.10 Å². The number of hydrazone groups is 1. The number of nitrogens with one attached hydrogen (secondary N) is 2. The maximum Gasteiger partial charge on any atom is 0.329 e. The molecule has 1 saturated carbocycles. The summed E-state index contributed by atoms with van der Waals surface area (Å²) >= 11 is 0. The van der Waals surface area contributed by atoms with Crippen molar-refractivity contribution in [1.82, 2.24) is 10.7 Å². The zero-order valence-electron chi connectivity index (χ0n) is 13.4. The third-order valence-corrected chi connectivity index (χ3v) is 3.08. The molecule has 0 spiro atoms. The molecule has 0 saturated heterocycles. The van der Waals surface area contributed by atoms with Crippen LogP contribution in [0.4, 0.5) is 0 Å². The van der Waals surface area contributed by atoms with E-state index in [-0.39, 0.29) is 12.6 Å². The Morgan fingerprint density at radius 1 is 1.33 bits per heavy atom. The van der Waals surface area contributed by atoms with Crippen LogP contribution in [0.2, 0.25) is 0 Å². The molecule has 2 amide bonds. The van der Waals surface area contributed by atoms with Gasteiger partial charge in [0.2, 0.25) is 0 Å². The van der Waals surface area contributed by atoms with Gasteiger partial charge < -0.3 is 14.8 Å². The quantitative estimate of drug-likeness (QED) is 0.336. The van der Waals surface area contributed by atoms with E-state index >= 15 is 0 Å². The molecule has 1 aliphatic carbocycles. The Balaban J connectivity index is 1.95. The van der Waals surface area contributed by atoms with Gasteiger partial charge in [0.15, 0.2) is 11.5 Å². The topological polar surface area (TPSA) is 89.0 Å². The van der Waals surface area contributed by atoms with Crippen molar-refractivity contribution >= 4 is 18.0 Å². The molecule has 0 aliphatic heterocycles. The van der Waals surface area contributed by atoms with E-state index in [0.717, 1.165) is 12.8 Å². The van der Waals surface area contributed by atoms with Gasteiger partial charge in [-0.05, 0) is 43.5 Å². The molecule has 0 aromatic heterocycles. The second-order valence-electron chi connectivity index (χ2n) is 5.08. The van der Waals surface area contributed by atoms with E-state index in [9.17, 15) is 9.59 Å². The summed E-state index contributed by atoms with van der Waals surface area (Å²) in [7, 11) is 0. The van der Waals surface area contributed by atoms with Gasteiger partial charge in [-0.1, -0.05) is 5.92 Å². The van der Waals surface area contributed by atoms with Crippen LogP contribution in [0.3, 0.4) is 0 Å². The molecule has 0 unspecified atom stereocenters. The number of terminal acetylenes is 1. The van der Waals surface area contributed by atoms with Crippen LogP contribution in [-0.2, 0) is 9.59 Å². The van der Waals surface area contributed by atoms with E-state index in [1.807, 2.05) is 6.92 Å². The second-order valence-corrected chi connectivity index (χ2v) is 5.08. The number of hydrogen-bond donors (Lipinski definition) is 2. The minimum Gasteiger partial charge on any atom is -0.490 e. The number of carbonyl (C=O) groups excluding carboxylic acids is 2. The highest BCUT2D eigenvalue weighted by Gasteiger charge is 2.26. The lowest BCUT2D eigenvalue weighted by Gasteiger charge is -2.10. The van der Waals surface area contributed by atoms with Gasteiger partial charge in [-0.2, -0.15) is 5.10 Å². The average Bonchev–Trinajstić information content (AvgIpc) is 3.38. The van der Waals surface area contributed by atoms with Gasteiger partial charge in [-0.15, -0.1) is 6.42 Å². The van der Waals surface area contributed by atoms with Crippen LogP contribution >= 0.6 is 0 Å². The van der Waals surface area contributed by atoms with Crippen LogP contribution in [0.25, 0.3) is 0 Å². The molecule has 0 heterocycles. The van der Waals surface area contributed by atoms with Gasteiger partial charge in [0.05, 0.1) is 12.8 Å². The Bertz CT molecular complexity index is 675. The predicted molar refractivity (Wildman–Crippen MR) is 88.8 cm³/mol. The number of hydrogen-bond acceptors (Lipinski definition) is 5. The van der Waals surface area contributed by atoms with Crippen molar-refractivity contribution in [2.75, 3.05) is 13.2 Å². The highest BCUT2D eigenvalue weighted by atomic mass is 16.5. The van der Waals surface area contributed by atoms with Gasteiger partial charge in [-0.25, -0.2) is 5.43 Å². The summed E-state index contributed by atoms with van der Waals surface area (Å²) in [5, 5.41) is 6.35. The van der Waals surface area contributed by atoms with Crippen molar-refractivity contribution in [3.8, 4) is 23.8 Å². The molecule has 0 bridgehead atoms. The van der Waals surface area contributed by atoms with Crippen LogP contribution < -0.4 is 20.2 Å². The highest BCUT2D eigenvalue weighted by molar-refractivity contribution is 6.35. The summed E-state index contributed by atoms with van der Waals surface area (Å²) < 4.78 is 10.9. The van der Waals surface area contributed by atoms with E-state index in [4.69, 9.17) is 15.9 Å². The van der Waals surface area contributed by atoms with Crippen LogP contribution in [0.1, 0.15) is 25.3 Å². The Morgan fingerprint density at radius 2 is 2.12 bits per heavy atom. The molecule has 126 valence electrons. The van der Waals surface area contributed by atoms with Gasteiger partial charge >= 0.3 is 11.8 Å². The largest absolute Gasteiger partial charge is 0.490 e. The van der Waals surface area contributed by atoms with Gasteiger partial charge in [0.1, 0.15) is 6.61 Å². The molecule has 1 aromatic rings. The first-order valence-electron chi connectivity index (χ1n) is 7.61. The summed E-state index contributed by atoms with van der Waals surface area (Å²) in [4.78, 5) is 23.0. The third-order valence-electron chi connectivity index (χ3n) is 3.08. The first-order valence-corrected chi connectivity index (χ1v) is 7.61. The number of benzene rings is 1. The first kappa shape index (κ1) is 17.3. The summed E-state index contributed by atoms with van der Waals surface area (Å²) in [6.45, 7) is 2.45. The van der Waals surface area contributed by atoms with Gasteiger partial charge in [0, 0.05) is 6.04 Å². The summed E-state index contributed by atoms with van der Waals surface area (Å²) in [6, 6.07) is 5.26. The first-order chi connectivity index (χ1) is 11.6. The zero-order valence-corrected chi connectivity index (χ0v) is 13.4. The minimum absolute atomic E-state index is 0.122. The molecular weight excluding hydrogens is 310 g/mol. The van der Waals surface area contributed by atoms with E-state index in [2.05, 4.69) is 21.8 Å². The van der Waals surface area contributed by atoms with E-state index in [1.165, 1.54) is 6.21 Å². The summed E-state index contributed by atoms with van der Waals surface area (Å²) in [5.41, 5.74) is 2.86. The Morgan fingerprint density at radius 3 is 2.79 bits per heavy atom. The Hall–Kier alpha value is -3.01. The van der Waals surface area contributed by atoms with Crippen molar-refractivity contribution in [3.05, 3.63) is 23.8 Å². The molecule has 1 aromatic carbocycles. The maximum atomic E-state index is 11.5. The molecule has 1 aliphatic rings. The highest BCUT2D eigenvalue weighted by Crippen LogP contribution is 2.27. The third kappa shape index (κ3) is 5.32. The molecular formula is C17H19N3O4. The molecule has 7 heteroatoms. The van der Waals surface area contributed by atoms with Crippen molar-refractivity contribution in [2.45, 2.75) is 25.8 Å². The van der Waals surface area contributed by atoms with Gasteiger partial charge in [-0.3, -0.25) is 9.59 Å². The normalized spacial score (nSPS) is 13.2. The molecule has 0 atom stereocenters. The molecule has 0 radical (unpaired) electrons. The Kier molecular flexibility index (Phi) is 6.20. The van der Waals surface area contributed by atoms with Crippen LogP contribution in [0.5, 0.6) is 11.5 Å². The smallest absolute Gasteiger partial charge is 0.329 e. The monoisotopic (exact) mass is 329 g/mol. The average molecular weight is 329 g/mol. The van der Waals surface area contributed by atoms with Gasteiger partial charge in [0.25, 0.3) is 0 Å². The number of carbonyl (C=O) groups is 2. The van der Waals surface area contributed by atoms with Crippen molar-refractivity contribution in [1.29, 1.82) is 0 Å². The lowest BCUT2D eigenvalue weighted by atomic mass is 10.2. The lowest BCUT2D eigenvalue weighted by molar-refractivity contribution is -0.139. The van der Waals surface area contributed by atoms with Crippen LogP contribution in [-0.4, -0.2) is 37.3 Å². The molecule has 2 rings (SSSR count). The summed E-state index contributed by atoms with van der Waals surface area (Å²) in [5.74, 6) is 1.96. The number of amides is 2. The van der Waals surface area contributed by atoms with Crippen molar-refractivity contribution in [3.63, 3.8) is 0 Å². The van der Waals surface area contributed by atoms with Crippen molar-refractivity contribution < 1.29 is 19.1 Å². The minimum atomic E-state index is -0.794. The van der Waals surface area contributed by atoms with E-state index in [1.54, 1.807) is 18.2 Å². The maximum absolute atomic E-state index is 11.5. The molecule has 24 heavy (non-hydrogen) atoms. The SMILES string of the molecule is C#CCOc1ccc(/C=N\NC(=O)C(=O)NC2CC2)cc1OCC. The standard InChI is InChI=1S/C17H19N3O4/c1-3-9-24-14-8-5-12(10-15(14)23-4-2)11-18-20-17(22)16(21)19-13-6-7-13/h1,5,8,10-11,13H,4,6-7,9H2,2H3,(H,19,21)(H,20,22)/b18-11-. The number of rotatable bonds is 7. The second kappa shape index (κ2) is 8.58. The zero-order chi connectivity index (χ0) is 17.4. The molecule has 1 fully saturated rings. The van der Waals surface area contributed by atoms with Crippen LogP contribution in [0, 0.1) is 12.3 Å². The molecule has 7 nitrogen and oxygen atoms in total. The lowest BCUT2D eigenvalue weighted by Crippen LogP contribution is -2.38. The number of ether oxygens (including phenoxy) is 2. The number of nitrogens with zero attached hydrogens (tertiary/aromatic N) is 1. The Labute approximate surface area is 140 Å². The fourth-order valence-corrected chi connectivity index (χ4v) is 1.81. The molecule has 2 N–H and O–H groups in total. The summed E-state index contributed by atoms with van der Waals surface area (Å²) in [6.07, 6.45) is 8.41. The fraction of sp³-hybridized carbons (Fsp3) is 0.353. The fourth-order valence-electron chi connectivity index (χ4n) is 1.81. The predicted octanol–water partition coefficient (Wildman–Crippen LogP) is 0.826.